The van der Waals surface area contributed by atoms with E-state index in [0.717, 1.165) is 32.1 Å². The van der Waals surface area contributed by atoms with Crippen LogP contribution in [0.4, 0.5) is 5.82 Å². The van der Waals surface area contributed by atoms with Gasteiger partial charge < -0.3 is 16.0 Å². The third kappa shape index (κ3) is 4.85. The molecule has 0 bridgehead atoms. The Morgan fingerprint density at radius 1 is 1.15 bits per heavy atom. The predicted octanol–water partition coefficient (Wildman–Crippen LogP) is 1.97. The fourth-order valence-electron chi connectivity index (χ4n) is 5.13. The molecule has 5 rings (SSSR count). The maximum Gasteiger partial charge on any atom is 0.270 e. The van der Waals surface area contributed by atoms with Crippen LogP contribution in [-0.4, -0.2) is 49.9 Å². The van der Waals surface area contributed by atoms with Crippen LogP contribution in [0.2, 0.25) is 0 Å². The summed E-state index contributed by atoms with van der Waals surface area (Å²) >= 11 is 0. The van der Waals surface area contributed by atoms with Crippen LogP contribution in [0.3, 0.4) is 0 Å². The topological polar surface area (TPSA) is 123 Å². The standard InChI is InChI=1S/C24H33N7O3/c1-14(2)31-18(8-11-26-31)23(33)28-21(20(15-3-4-15)16-5-6-16)24(34)27-19-9-12-30(29-19)13-17-7-10-25-22(17)32/h8-9,11-12,14-17,20-21H,3-7,10,13H2,1-2H3,(H,25,32)(H,28,33)(H,27,29,34). The number of carbonyl (C=O) groups excluding carboxylic acids is 3. The predicted molar refractivity (Wildman–Crippen MR) is 125 cm³/mol. The molecule has 2 saturated carbocycles. The van der Waals surface area contributed by atoms with Crippen LogP contribution in [0.25, 0.3) is 0 Å². The Balaban J connectivity index is 1.31. The van der Waals surface area contributed by atoms with E-state index in [1.807, 2.05) is 13.8 Å². The minimum atomic E-state index is -0.631. The van der Waals surface area contributed by atoms with E-state index in [1.54, 1.807) is 33.9 Å². The minimum Gasteiger partial charge on any atom is -0.356 e. The zero-order chi connectivity index (χ0) is 23.8. The summed E-state index contributed by atoms with van der Waals surface area (Å²) < 4.78 is 3.37. The van der Waals surface area contributed by atoms with E-state index in [4.69, 9.17) is 0 Å². The molecular weight excluding hydrogens is 434 g/mol. The molecule has 0 spiro atoms. The van der Waals surface area contributed by atoms with Gasteiger partial charge in [-0.15, -0.1) is 0 Å². The molecule has 10 nitrogen and oxygen atoms in total. The first-order chi connectivity index (χ1) is 16.4. The van der Waals surface area contributed by atoms with Crippen molar-refractivity contribution in [1.82, 2.24) is 30.2 Å². The second kappa shape index (κ2) is 9.23. The molecule has 2 unspecified atom stereocenters. The van der Waals surface area contributed by atoms with Crippen LogP contribution in [0.15, 0.2) is 24.5 Å². The number of anilines is 1. The Labute approximate surface area is 198 Å². The van der Waals surface area contributed by atoms with E-state index in [2.05, 4.69) is 26.1 Å². The Kier molecular flexibility index (Phi) is 6.14. The molecule has 3 fully saturated rings. The van der Waals surface area contributed by atoms with E-state index >= 15 is 0 Å². The first kappa shape index (κ1) is 22.6. The molecule has 0 radical (unpaired) electrons. The van der Waals surface area contributed by atoms with Crippen molar-refractivity contribution in [2.24, 2.45) is 23.7 Å². The highest BCUT2D eigenvalue weighted by Gasteiger charge is 2.48. The van der Waals surface area contributed by atoms with Crippen LogP contribution in [0.1, 0.15) is 62.5 Å². The maximum atomic E-state index is 13.5. The van der Waals surface area contributed by atoms with Gasteiger partial charge in [0, 0.05) is 31.0 Å². The summed E-state index contributed by atoms with van der Waals surface area (Å²) in [6, 6.07) is 2.83. The Hall–Kier alpha value is -3.17. The van der Waals surface area contributed by atoms with Gasteiger partial charge in [0.15, 0.2) is 5.82 Å². The van der Waals surface area contributed by atoms with Crippen molar-refractivity contribution in [2.75, 3.05) is 11.9 Å². The SMILES string of the molecule is CC(C)n1nccc1C(=O)NC(C(=O)Nc1ccn(CC2CCNC2=O)n1)C(C1CC1)C1CC1. The Morgan fingerprint density at radius 2 is 1.88 bits per heavy atom. The fraction of sp³-hybridized carbons (Fsp3) is 0.625. The zero-order valence-electron chi connectivity index (χ0n) is 19.7. The van der Waals surface area contributed by atoms with Gasteiger partial charge in [-0.25, -0.2) is 0 Å². The number of nitrogens with one attached hydrogen (secondary N) is 3. The average Bonchev–Trinajstić information content (AvgIpc) is 3.68. The molecule has 2 atom stereocenters. The lowest BCUT2D eigenvalue weighted by molar-refractivity contribution is -0.123. The summed E-state index contributed by atoms with van der Waals surface area (Å²) in [7, 11) is 0. The van der Waals surface area contributed by atoms with Crippen molar-refractivity contribution < 1.29 is 14.4 Å². The molecule has 2 aromatic heterocycles. The number of hydrogen-bond acceptors (Lipinski definition) is 5. The van der Waals surface area contributed by atoms with Crippen molar-refractivity contribution in [3.05, 3.63) is 30.2 Å². The van der Waals surface area contributed by atoms with Crippen molar-refractivity contribution in [3.8, 4) is 0 Å². The number of rotatable bonds is 10. The van der Waals surface area contributed by atoms with E-state index < -0.39 is 6.04 Å². The van der Waals surface area contributed by atoms with Crippen LogP contribution in [0, 0.1) is 23.7 Å². The average molecular weight is 468 g/mol. The van der Waals surface area contributed by atoms with Gasteiger partial charge in [-0.2, -0.15) is 10.2 Å². The quantitative estimate of drug-likeness (QED) is 0.493. The van der Waals surface area contributed by atoms with Gasteiger partial charge in [0.2, 0.25) is 11.8 Å². The van der Waals surface area contributed by atoms with Gasteiger partial charge in [-0.05, 0) is 69.8 Å². The van der Waals surface area contributed by atoms with E-state index in [9.17, 15) is 14.4 Å². The van der Waals surface area contributed by atoms with Crippen LogP contribution in [-0.2, 0) is 16.1 Å². The van der Waals surface area contributed by atoms with Crippen LogP contribution in [0.5, 0.6) is 0 Å². The molecular formula is C24H33N7O3. The molecule has 1 aliphatic heterocycles. The molecule has 3 aliphatic rings. The molecule has 10 heteroatoms. The summed E-state index contributed by atoms with van der Waals surface area (Å²) in [6.45, 7) is 5.11. The summed E-state index contributed by atoms with van der Waals surface area (Å²) in [5, 5.41) is 17.5. The molecule has 3 amide bonds. The Bertz CT molecular complexity index is 1050. The molecule has 0 aromatic carbocycles. The molecule has 34 heavy (non-hydrogen) atoms. The molecule has 1 saturated heterocycles. The molecule has 2 aromatic rings. The van der Waals surface area contributed by atoms with E-state index in [0.29, 0.717) is 36.4 Å². The molecule has 2 aliphatic carbocycles. The van der Waals surface area contributed by atoms with E-state index in [1.165, 1.54) is 0 Å². The number of hydrogen-bond donors (Lipinski definition) is 3. The van der Waals surface area contributed by atoms with Gasteiger partial charge in [0.1, 0.15) is 11.7 Å². The Morgan fingerprint density at radius 3 is 2.50 bits per heavy atom. The van der Waals surface area contributed by atoms with Gasteiger partial charge in [-0.3, -0.25) is 23.7 Å². The third-order valence-corrected chi connectivity index (χ3v) is 7.14. The highest BCUT2D eigenvalue weighted by atomic mass is 16.2. The van der Waals surface area contributed by atoms with Crippen molar-refractivity contribution in [2.45, 2.75) is 64.6 Å². The number of amides is 3. The monoisotopic (exact) mass is 467 g/mol. The fourth-order valence-corrected chi connectivity index (χ4v) is 5.13. The first-order valence-electron chi connectivity index (χ1n) is 12.4. The van der Waals surface area contributed by atoms with Crippen molar-refractivity contribution in [1.29, 1.82) is 0 Å². The number of aromatic nitrogens is 4. The highest BCUT2D eigenvalue weighted by Crippen LogP contribution is 2.50. The molecule has 3 N–H and O–H groups in total. The second-order valence-electron chi connectivity index (χ2n) is 10.1. The van der Waals surface area contributed by atoms with Gasteiger partial charge in [0.05, 0.1) is 12.5 Å². The summed E-state index contributed by atoms with van der Waals surface area (Å²) in [6.07, 6.45) is 8.57. The largest absolute Gasteiger partial charge is 0.356 e. The lowest BCUT2D eigenvalue weighted by Gasteiger charge is -2.27. The van der Waals surface area contributed by atoms with Gasteiger partial charge in [0.25, 0.3) is 5.91 Å². The third-order valence-electron chi connectivity index (χ3n) is 7.14. The second-order valence-corrected chi connectivity index (χ2v) is 10.1. The minimum absolute atomic E-state index is 0.0385. The number of nitrogens with zero attached hydrogens (tertiary/aromatic N) is 4. The van der Waals surface area contributed by atoms with Crippen LogP contribution < -0.4 is 16.0 Å². The first-order valence-corrected chi connectivity index (χ1v) is 12.4. The lowest BCUT2D eigenvalue weighted by atomic mass is 9.88. The number of carbonyl (C=O) groups is 3. The van der Waals surface area contributed by atoms with Crippen LogP contribution >= 0.6 is 0 Å². The van der Waals surface area contributed by atoms with Gasteiger partial charge in [-0.1, -0.05) is 0 Å². The summed E-state index contributed by atoms with van der Waals surface area (Å²) in [5.41, 5.74) is 0.456. The van der Waals surface area contributed by atoms with E-state index in [-0.39, 0.29) is 35.6 Å². The van der Waals surface area contributed by atoms with Crippen molar-refractivity contribution >= 4 is 23.5 Å². The smallest absolute Gasteiger partial charge is 0.270 e. The maximum absolute atomic E-state index is 13.5. The normalized spacial score (nSPS) is 21.1. The molecule has 182 valence electrons. The summed E-state index contributed by atoms with van der Waals surface area (Å²) in [4.78, 5) is 38.6. The zero-order valence-corrected chi connectivity index (χ0v) is 19.7. The molecule has 3 heterocycles. The lowest BCUT2D eigenvalue weighted by Crippen LogP contribution is -2.50. The highest BCUT2D eigenvalue weighted by molar-refractivity contribution is 6.00. The summed E-state index contributed by atoms with van der Waals surface area (Å²) in [5.74, 6) is 0.918. The van der Waals surface area contributed by atoms with Crippen molar-refractivity contribution in [3.63, 3.8) is 0 Å². The van der Waals surface area contributed by atoms with Gasteiger partial charge >= 0.3 is 0 Å².